The molecule has 0 saturated carbocycles. The third-order valence-corrected chi connectivity index (χ3v) is 2.60. The third kappa shape index (κ3) is 3.06. The number of nitrogens with one attached hydrogen (secondary N) is 1. The van der Waals surface area contributed by atoms with Gasteiger partial charge in [-0.1, -0.05) is 30.3 Å². The first-order chi connectivity index (χ1) is 7.34. The van der Waals surface area contributed by atoms with E-state index in [-0.39, 0.29) is 5.91 Å². The second-order valence-electron chi connectivity index (χ2n) is 3.89. The number of carbonyl (C=O) groups is 1. The monoisotopic (exact) mass is 204 g/mol. The van der Waals surface area contributed by atoms with Crippen molar-refractivity contribution < 1.29 is 4.79 Å². The summed E-state index contributed by atoms with van der Waals surface area (Å²) in [5, 5.41) is 2.01. The largest absolute Gasteiger partial charge is 0.289 e. The molecule has 1 fully saturated rings. The Morgan fingerprint density at radius 1 is 1.20 bits per heavy atom. The predicted molar refractivity (Wildman–Crippen MR) is 59.1 cm³/mol. The highest BCUT2D eigenvalue weighted by Crippen LogP contribution is 2.04. The summed E-state index contributed by atoms with van der Waals surface area (Å²) in [6.45, 7) is 1.97. The van der Waals surface area contributed by atoms with Gasteiger partial charge in [-0.25, -0.2) is 5.01 Å². The zero-order valence-electron chi connectivity index (χ0n) is 8.78. The van der Waals surface area contributed by atoms with Crippen molar-refractivity contribution in [1.29, 1.82) is 0 Å². The van der Waals surface area contributed by atoms with Crippen LogP contribution in [-0.4, -0.2) is 24.0 Å². The summed E-state index contributed by atoms with van der Waals surface area (Å²) < 4.78 is 0. The van der Waals surface area contributed by atoms with Gasteiger partial charge in [-0.2, -0.15) is 0 Å². The molecule has 0 bridgehead atoms. The minimum atomic E-state index is 0.0862. The molecule has 1 heterocycles. The maximum atomic E-state index is 11.6. The summed E-state index contributed by atoms with van der Waals surface area (Å²) in [4.78, 5) is 11.6. The first-order valence-electron chi connectivity index (χ1n) is 5.43. The summed E-state index contributed by atoms with van der Waals surface area (Å²) in [6.07, 6.45) is 2.84. The van der Waals surface area contributed by atoms with Gasteiger partial charge in [0.2, 0.25) is 5.91 Å². The van der Waals surface area contributed by atoms with Crippen LogP contribution in [-0.2, 0) is 11.2 Å². The third-order valence-electron chi connectivity index (χ3n) is 2.60. The number of benzene rings is 1. The molecule has 0 aromatic heterocycles. The topological polar surface area (TPSA) is 32.3 Å². The van der Waals surface area contributed by atoms with Crippen molar-refractivity contribution in [2.75, 3.05) is 13.1 Å². The SMILES string of the molecule is O=C(Cc1ccccc1)NN1CCCC1. The van der Waals surface area contributed by atoms with Gasteiger partial charge < -0.3 is 0 Å². The molecule has 1 saturated heterocycles. The van der Waals surface area contributed by atoms with Gasteiger partial charge in [-0.3, -0.25) is 10.2 Å². The van der Waals surface area contributed by atoms with E-state index in [9.17, 15) is 4.79 Å². The fraction of sp³-hybridized carbons (Fsp3) is 0.417. The van der Waals surface area contributed by atoms with Gasteiger partial charge in [0, 0.05) is 13.1 Å². The van der Waals surface area contributed by atoms with Gasteiger partial charge in [0.1, 0.15) is 0 Å². The van der Waals surface area contributed by atoms with Crippen LogP contribution < -0.4 is 5.43 Å². The first kappa shape index (κ1) is 10.2. The second-order valence-corrected chi connectivity index (χ2v) is 3.89. The zero-order chi connectivity index (χ0) is 10.5. The second kappa shape index (κ2) is 4.94. The molecule has 0 spiro atoms. The molecule has 0 unspecified atom stereocenters. The van der Waals surface area contributed by atoms with E-state index in [0.717, 1.165) is 18.7 Å². The normalized spacial score (nSPS) is 16.5. The Labute approximate surface area is 90.1 Å². The van der Waals surface area contributed by atoms with E-state index < -0.39 is 0 Å². The molecular formula is C12H16N2O. The van der Waals surface area contributed by atoms with Crippen LogP contribution in [0.2, 0.25) is 0 Å². The van der Waals surface area contributed by atoms with E-state index in [2.05, 4.69) is 5.43 Å². The molecule has 1 aliphatic rings. The lowest BCUT2D eigenvalue weighted by Gasteiger charge is -2.15. The zero-order valence-corrected chi connectivity index (χ0v) is 8.78. The minimum Gasteiger partial charge on any atom is -0.289 e. The molecule has 15 heavy (non-hydrogen) atoms. The van der Waals surface area contributed by atoms with Gasteiger partial charge in [0.15, 0.2) is 0 Å². The van der Waals surface area contributed by atoms with E-state index in [4.69, 9.17) is 0 Å². The fourth-order valence-corrected chi connectivity index (χ4v) is 1.83. The van der Waals surface area contributed by atoms with Gasteiger partial charge in [-0.15, -0.1) is 0 Å². The molecule has 1 aliphatic heterocycles. The molecule has 2 rings (SSSR count). The molecule has 80 valence electrons. The first-order valence-corrected chi connectivity index (χ1v) is 5.43. The van der Waals surface area contributed by atoms with E-state index in [1.807, 2.05) is 35.3 Å². The van der Waals surface area contributed by atoms with Crippen LogP contribution in [0, 0.1) is 0 Å². The standard InChI is InChI=1S/C12H16N2O/c15-12(13-14-8-4-5-9-14)10-11-6-2-1-3-7-11/h1-3,6-7H,4-5,8-10H2,(H,13,15). The van der Waals surface area contributed by atoms with Gasteiger partial charge >= 0.3 is 0 Å². The van der Waals surface area contributed by atoms with Crippen molar-refractivity contribution in [1.82, 2.24) is 10.4 Å². The highest BCUT2D eigenvalue weighted by molar-refractivity contribution is 5.78. The Kier molecular flexibility index (Phi) is 3.35. The van der Waals surface area contributed by atoms with E-state index in [1.54, 1.807) is 0 Å². The molecular weight excluding hydrogens is 188 g/mol. The van der Waals surface area contributed by atoms with Crippen LogP contribution in [0.1, 0.15) is 18.4 Å². The van der Waals surface area contributed by atoms with Crippen molar-refractivity contribution >= 4 is 5.91 Å². The van der Waals surface area contributed by atoms with E-state index in [0.29, 0.717) is 6.42 Å². The van der Waals surface area contributed by atoms with Crippen LogP contribution >= 0.6 is 0 Å². The molecule has 0 aliphatic carbocycles. The van der Waals surface area contributed by atoms with Crippen LogP contribution in [0.5, 0.6) is 0 Å². The number of hydrazine groups is 1. The lowest BCUT2D eigenvalue weighted by Crippen LogP contribution is -2.40. The van der Waals surface area contributed by atoms with Crippen molar-refractivity contribution in [2.45, 2.75) is 19.3 Å². The van der Waals surface area contributed by atoms with Crippen LogP contribution in [0.4, 0.5) is 0 Å². The number of hydrogen-bond acceptors (Lipinski definition) is 2. The molecule has 0 atom stereocenters. The highest BCUT2D eigenvalue weighted by atomic mass is 16.2. The van der Waals surface area contributed by atoms with Crippen molar-refractivity contribution in [3.8, 4) is 0 Å². The molecule has 1 aromatic rings. The van der Waals surface area contributed by atoms with Crippen molar-refractivity contribution in [2.24, 2.45) is 0 Å². The average Bonchev–Trinajstić information content (AvgIpc) is 2.71. The molecule has 0 radical (unpaired) electrons. The van der Waals surface area contributed by atoms with Crippen LogP contribution in [0.3, 0.4) is 0 Å². The summed E-state index contributed by atoms with van der Waals surface area (Å²) >= 11 is 0. The van der Waals surface area contributed by atoms with Crippen LogP contribution in [0.25, 0.3) is 0 Å². The summed E-state index contributed by atoms with van der Waals surface area (Å²) in [5.41, 5.74) is 3.99. The molecule has 3 nitrogen and oxygen atoms in total. The van der Waals surface area contributed by atoms with Gasteiger partial charge in [0.05, 0.1) is 6.42 Å². The summed E-state index contributed by atoms with van der Waals surface area (Å²) in [7, 11) is 0. The fourth-order valence-electron chi connectivity index (χ4n) is 1.83. The van der Waals surface area contributed by atoms with E-state index in [1.165, 1.54) is 12.8 Å². The lowest BCUT2D eigenvalue weighted by molar-refractivity contribution is -0.124. The predicted octanol–water partition coefficient (Wildman–Crippen LogP) is 1.36. The van der Waals surface area contributed by atoms with Gasteiger partial charge in [0.25, 0.3) is 0 Å². The number of hydrogen-bond donors (Lipinski definition) is 1. The summed E-state index contributed by atoms with van der Waals surface area (Å²) in [5.74, 6) is 0.0862. The maximum Gasteiger partial charge on any atom is 0.238 e. The maximum absolute atomic E-state index is 11.6. The Morgan fingerprint density at radius 2 is 1.87 bits per heavy atom. The van der Waals surface area contributed by atoms with Crippen molar-refractivity contribution in [3.05, 3.63) is 35.9 Å². The number of nitrogens with zero attached hydrogens (tertiary/aromatic N) is 1. The quantitative estimate of drug-likeness (QED) is 0.806. The smallest absolute Gasteiger partial charge is 0.238 e. The Bertz CT molecular complexity index is 318. The van der Waals surface area contributed by atoms with Crippen LogP contribution in [0.15, 0.2) is 30.3 Å². The number of amides is 1. The molecule has 1 aromatic carbocycles. The Hall–Kier alpha value is -1.35. The highest BCUT2D eigenvalue weighted by Gasteiger charge is 2.13. The van der Waals surface area contributed by atoms with E-state index >= 15 is 0 Å². The Morgan fingerprint density at radius 3 is 2.53 bits per heavy atom. The Balaban J connectivity index is 1.82. The molecule has 1 amide bonds. The minimum absolute atomic E-state index is 0.0862. The summed E-state index contributed by atoms with van der Waals surface area (Å²) in [6, 6.07) is 9.83. The van der Waals surface area contributed by atoms with Crippen molar-refractivity contribution in [3.63, 3.8) is 0 Å². The molecule has 1 N–H and O–H groups in total. The molecule has 3 heteroatoms. The number of rotatable bonds is 3. The average molecular weight is 204 g/mol. The van der Waals surface area contributed by atoms with Gasteiger partial charge in [-0.05, 0) is 18.4 Å². The lowest BCUT2D eigenvalue weighted by atomic mass is 10.1. The number of carbonyl (C=O) groups excluding carboxylic acids is 1.